The normalized spacial score (nSPS) is 15.8. The zero-order valence-electron chi connectivity index (χ0n) is 13.6. The van der Waals surface area contributed by atoms with Crippen molar-refractivity contribution in [2.24, 2.45) is 0 Å². The van der Waals surface area contributed by atoms with E-state index in [1.165, 1.54) is 0 Å². The fraction of sp³-hybridized carbons (Fsp3) is 0.667. The first kappa shape index (κ1) is 15.5. The summed E-state index contributed by atoms with van der Waals surface area (Å²) in [7, 11) is 0. The summed E-state index contributed by atoms with van der Waals surface area (Å²) in [5.41, 5.74) is 1.82. The summed E-state index contributed by atoms with van der Waals surface area (Å²) in [6.45, 7) is 12.0. The lowest BCUT2D eigenvalue weighted by atomic mass is 10.1. The van der Waals surface area contributed by atoms with Crippen LogP contribution in [0.15, 0.2) is 0 Å². The van der Waals surface area contributed by atoms with Crippen molar-refractivity contribution in [2.75, 3.05) is 13.1 Å². The van der Waals surface area contributed by atoms with Crippen molar-refractivity contribution in [3.8, 4) is 0 Å². The van der Waals surface area contributed by atoms with Crippen molar-refractivity contribution in [3.05, 3.63) is 17.0 Å². The van der Waals surface area contributed by atoms with Crippen LogP contribution in [0.4, 0.5) is 4.79 Å². The molecular formula is C15H23N3O3. The number of ketones is 1. The maximum Gasteiger partial charge on any atom is 0.410 e. The maximum absolute atomic E-state index is 11.9. The number of hydrogen-bond donors (Lipinski definition) is 0. The van der Waals surface area contributed by atoms with E-state index in [0.29, 0.717) is 18.7 Å². The predicted octanol–water partition coefficient (Wildman–Crippen LogP) is 2.49. The molecule has 1 saturated heterocycles. The number of ether oxygens (including phenoxy) is 1. The summed E-state index contributed by atoms with van der Waals surface area (Å²) in [5.74, 6) is 0.0274. The maximum atomic E-state index is 11.9. The van der Waals surface area contributed by atoms with E-state index in [0.717, 1.165) is 11.4 Å². The second-order valence-corrected chi connectivity index (χ2v) is 6.59. The lowest BCUT2D eigenvalue weighted by molar-refractivity contribution is -0.000708. The van der Waals surface area contributed by atoms with Crippen LogP contribution in [-0.4, -0.2) is 45.2 Å². The highest BCUT2D eigenvalue weighted by Crippen LogP contribution is 2.26. The molecule has 6 heteroatoms. The minimum Gasteiger partial charge on any atom is -0.444 e. The third-order valence-electron chi connectivity index (χ3n) is 3.54. The molecule has 2 heterocycles. The van der Waals surface area contributed by atoms with Crippen LogP contribution in [0.5, 0.6) is 0 Å². The molecule has 0 aromatic carbocycles. The third-order valence-corrected chi connectivity index (χ3v) is 3.54. The van der Waals surface area contributed by atoms with Gasteiger partial charge in [-0.25, -0.2) is 4.79 Å². The van der Waals surface area contributed by atoms with E-state index in [1.54, 1.807) is 11.8 Å². The van der Waals surface area contributed by atoms with Crippen molar-refractivity contribution in [3.63, 3.8) is 0 Å². The number of carbonyl (C=O) groups is 2. The molecule has 1 fully saturated rings. The number of hydrogen-bond acceptors (Lipinski definition) is 4. The van der Waals surface area contributed by atoms with Gasteiger partial charge in [0.2, 0.25) is 0 Å². The van der Waals surface area contributed by atoms with Gasteiger partial charge in [0.05, 0.1) is 17.3 Å². The van der Waals surface area contributed by atoms with Gasteiger partial charge in [0.25, 0.3) is 0 Å². The highest BCUT2D eigenvalue weighted by molar-refractivity contribution is 5.96. The van der Waals surface area contributed by atoms with Crippen LogP contribution in [-0.2, 0) is 4.74 Å². The van der Waals surface area contributed by atoms with Crippen molar-refractivity contribution >= 4 is 11.9 Å². The molecule has 0 saturated carbocycles. The zero-order chi connectivity index (χ0) is 15.9. The Labute approximate surface area is 125 Å². The quantitative estimate of drug-likeness (QED) is 0.786. The van der Waals surface area contributed by atoms with Crippen LogP contribution in [0.1, 0.15) is 55.5 Å². The number of carbonyl (C=O) groups excluding carboxylic acids is 2. The minimum absolute atomic E-state index is 0.0274. The molecule has 1 aromatic heterocycles. The number of nitrogens with zero attached hydrogens (tertiary/aromatic N) is 3. The Morgan fingerprint density at radius 3 is 2.24 bits per heavy atom. The molecule has 1 aliphatic rings. The summed E-state index contributed by atoms with van der Waals surface area (Å²) in [6.07, 6.45) is -0.299. The number of amides is 1. The Kier molecular flexibility index (Phi) is 3.82. The van der Waals surface area contributed by atoms with Gasteiger partial charge in [-0.15, -0.1) is 0 Å². The molecule has 0 unspecified atom stereocenters. The van der Waals surface area contributed by atoms with Crippen molar-refractivity contribution < 1.29 is 14.3 Å². The predicted molar refractivity (Wildman–Crippen MR) is 78.5 cm³/mol. The standard InChI is InChI=1S/C15H23N3O3/c1-9-13(11(3)19)10(2)18(16-9)12-7-17(8-12)14(20)21-15(4,5)6/h12H,7-8H2,1-6H3. The molecule has 0 aliphatic carbocycles. The number of rotatable bonds is 2. The van der Waals surface area contributed by atoms with Crippen LogP contribution in [0.2, 0.25) is 0 Å². The topological polar surface area (TPSA) is 64.4 Å². The Hall–Kier alpha value is -1.85. The summed E-state index contributed by atoms with van der Waals surface area (Å²) in [4.78, 5) is 25.2. The smallest absolute Gasteiger partial charge is 0.410 e. The molecule has 6 nitrogen and oxygen atoms in total. The summed E-state index contributed by atoms with van der Waals surface area (Å²) in [5, 5.41) is 4.44. The summed E-state index contributed by atoms with van der Waals surface area (Å²) < 4.78 is 7.18. The monoisotopic (exact) mass is 293 g/mol. The molecule has 2 rings (SSSR count). The van der Waals surface area contributed by atoms with Gasteiger partial charge in [0.1, 0.15) is 5.60 Å². The molecule has 1 amide bonds. The molecular weight excluding hydrogens is 270 g/mol. The third kappa shape index (κ3) is 3.09. The van der Waals surface area contributed by atoms with E-state index < -0.39 is 5.60 Å². The minimum atomic E-state index is -0.484. The Morgan fingerprint density at radius 1 is 1.24 bits per heavy atom. The van der Waals surface area contributed by atoms with Crippen LogP contribution in [0.3, 0.4) is 0 Å². The Bertz CT molecular complexity index is 578. The fourth-order valence-electron chi connectivity index (χ4n) is 2.61. The summed E-state index contributed by atoms with van der Waals surface area (Å²) in [6, 6.07) is 0.115. The van der Waals surface area contributed by atoms with Gasteiger partial charge >= 0.3 is 6.09 Å². The van der Waals surface area contributed by atoms with Crippen LogP contribution < -0.4 is 0 Å². The van der Waals surface area contributed by atoms with E-state index >= 15 is 0 Å². The van der Waals surface area contributed by atoms with Crippen LogP contribution in [0, 0.1) is 13.8 Å². The zero-order valence-corrected chi connectivity index (χ0v) is 13.6. The highest BCUT2D eigenvalue weighted by atomic mass is 16.6. The van der Waals surface area contributed by atoms with Gasteiger partial charge in [-0.3, -0.25) is 9.48 Å². The number of aromatic nitrogens is 2. The van der Waals surface area contributed by atoms with E-state index in [1.807, 2.05) is 39.3 Å². The van der Waals surface area contributed by atoms with E-state index in [-0.39, 0.29) is 17.9 Å². The first-order chi connectivity index (χ1) is 9.60. The van der Waals surface area contributed by atoms with Gasteiger partial charge in [0, 0.05) is 18.8 Å². The largest absolute Gasteiger partial charge is 0.444 e. The van der Waals surface area contributed by atoms with Crippen molar-refractivity contribution in [1.82, 2.24) is 14.7 Å². The van der Waals surface area contributed by atoms with Gasteiger partial charge in [0.15, 0.2) is 5.78 Å². The molecule has 0 radical (unpaired) electrons. The molecule has 0 spiro atoms. The van der Waals surface area contributed by atoms with Gasteiger partial charge in [-0.05, 0) is 41.5 Å². The average molecular weight is 293 g/mol. The van der Waals surface area contributed by atoms with Crippen molar-refractivity contribution in [2.45, 2.75) is 53.2 Å². The van der Waals surface area contributed by atoms with E-state index in [9.17, 15) is 9.59 Å². The molecule has 1 aromatic rings. The van der Waals surface area contributed by atoms with Crippen molar-refractivity contribution in [1.29, 1.82) is 0 Å². The lowest BCUT2D eigenvalue weighted by Crippen LogP contribution is -2.52. The summed E-state index contributed by atoms with van der Waals surface area (Å²) >= 11 is 0. The van der Waals surface area contributed by atoms with Gasteiger partial charge in [-0.2, -0.15) is 5.10 Å². The number of Topliss-reactive ketones (excluding diaryl/α,β-unsaturated/α-hetero) is 1. The van der Waals surface area contributed by atoms with Gasteiger partial charge < -0.3 is 9.64 Å². The highest BCUT2D eigenvalue weighted by Gasteiger charge is 2.36. The molecule has 116 valence electrons. The number of likely N-dealkylation sites (tertiary alicyclic amines) is 1. The molecule has 1 aliphatic heterocycles. The molecule has 0 bridgehead atoms. The number of aryl methyl sites for hydroxylation is 1. The average Bonchev–Trinajstić information content (AvgIpc) is 2.49. The first-order valence-electron chi connectivity index (χ1n) is 7.14. The van der Waals surface area contributed by atoms with E-state index in [2.05, 4.69) is 5.10 Å². The Balaban J connectivity index is 2.04. The molecule has 0 atom stereocenters. The lowest BCUT2D eigenvalue weighted by Gasteiger charge is -2.40. The fourth-order valence-corrected chi connectivity index (χ4v) is 2.61. The second-order valence-electron chi connectivity index (χ2n) is 6.59. The first-order valence-corrected chi connectivity index (χ1v) is 7.14. The Morgan fingerprint density at radius 2 is 1.81 bits per heavy atom. The second kappa shape index (κ2) is 5.16. The van der Waals surface area contributed by atoms with E-state index in [4.69, 9.17) is 4.74 Å². The van der Waals surface area contributed by atoms with Crippen LogP contribution in [0.25, 0.3) is 0 Å². The van der Waals surface area contributed by atoms with Gasteiger partial charge in [-0.1, -0.05) is 0 Å². The van der Waals surface area contributed by atoms with Crippen LogP contribution >= 0.6 is 0 Å². The SMILES string of the molecule is CC(=O)c1c(C)nn(C2CN(C(=O)OC(C)(C)C)C2)c1C. The molecule has 0 N–H and O–H groups in total. The molecule has 21 heavy (non-hydrogen) atoms.